The minimum Gasteiger partial charge on any atom is -0.337 e. The van der Waals surface area contributed by atoms with Crippen LogP contribution in [0.2, 0.25) is 0 Å². The molecule has 0 aliphatic carbocycles. The number of piperidine rings is 1. The van der Waals surface area contributed by atoms with E-state index in [-0.39, 0.29) is 5.91 Å². The highest BCUT2D eigenvalue weighted by molar-refractivity contribution is 5.94. The van der Waals surface area contributed by atoms with Crippen molar-refractivity contribution in [2.45, 2.75) is 26.2 Å². The van der Waals surface area contributed by atoms with Gasteiger partial charge in [-0.25, -0.2) is 9.97 Å². The fourth-order valence-electron chi connectivity index (χ4n) is 3.32. The largest absolute Gasteiger partial charge is 0.337 e. The number of benzene rings is 1. The molecule has 1 fully saturated rings. The van der Waals surface area contributed by atoms with Crippen LogP contribution in [0.5, 0.6) is 0 Å². The van der Waals surface area contributed by atoms with E-state index < -0.39 is 0 Å². The first-order valence-corrected chi connectivity index (χ1v) is 8.96. The Morgan fingerprint density at radius 1 is 1.08 bits per heavy atom. The Balaban J connectivity index is 1.64. The second-order valence-corrected chi connectivity index (χ2v) is 6.58. The molecule has 6 nitrogen and oxygen atoms in total. The first-order chi connectivity index (χ1) is 12.7. The molecule has 0 spiro atoms. The number of rotatable bonds is 3. The van der Waals surface area contributed by atoms with E-state index in [2.05, 4.69) is 20.3 Å². The fourth-order valence-corrected chi connectivity index (χ4v) is 3.32. The van der Waals surface area contributed by atoms with Crippen LogP contribution in [0.25, 0.3) is 10.9 Å². The maximum atomic E-state index is 12.8. The molecule has 26 heavy (non-hydrogen) atoms. The van der Waals surface area contributed by atoms with Crippen LogP contribution in [0.4, 0.5) is 11.6 Å². The number of anilines is 2. The highest BCUT2D eigenvalue weighted by Crippen LogP contribution is 2.23. The molecule has 132 valence electrons. The molecule has 4 rings (SSSR count). The first kappa shape index (κ1) is 16.4. The Morgan fingerprint density at radius 2 is 1.88 bits per heavy atom. The van der Waals surface area contributed by atoms with E-state index in [4.69, 9.17) is 0 Å². The number of carbonyl (C=O) groups is 1. The summed E-state index contributed by atoms with van der Waals surface area (Å²) >= 11 is 0. The standard InChI is InChI=1S/C20H21N5O/c1-14-13-17(19(26)25-11-3-2-4-12-25)24-20(22-14)23-16-9-5-7-15-8-6-10-21-18(15)16/h5-10,13H,2-4,11-12H2,1H3,(H,22,23,24). The van der Waals surface area contributed by atoms with Gasteiger partial charge in [0.25, 0.3) is 5.91 Å². The molecule has 3 heterocycles. The van der Waals surface area contributed by atoms with Crippen molar-refractivity contribution in [3.05, 3.63) is 54.0 Å². The van der Waals surface area contributed by atoms with Crippen LogP contribution in [-0.2, 0) is 0 Å². The van der Waals surface area contributed by atoms with Gasteiger partial charge in [-0.05, 0) is 44.4 Å². The van der Waals surface area contributed by atoms with Gasteiger partial charge in [-0.3, -0.25) is 9.78 Å². The number of hydrogen-bond acceptors (Lipinski definition) is 5. The number of nitrogens with one attached hydrogen (secondary N) is 1. The topological polar surface area (TPSA) is 71.0 Å². The molecule has 1 saturated heterocycles. The summed E-state index contributed by atoms with van der Waals surface area (Å²) in [5.74, 6) is 0.401. The predicted molar refractivity (Wildman–Crippen MR) is 102 cm³/mol. The van der Waals surface area contributed by atoms with E-state index in [1.54, 1.807) is 12.3 Å². The highest BCUT2D eigenvalue weighted by Gasteiger charge is 2.20. The average Bonchev–Trinajstić information content (AvgIpc) is 2.68. The molecule has 6 heteroatoms. The molecule has 0 unspecified atom stereocenters. The number of hydrogen-bond donors (Lipinski definition) is 1. The maximum absolute atomic E-state index is 12.8. The summed E-state index contributed by atoms with van der Waals surface area (Å²) in [7, 11) is 0. The third kappa shape index (κ3) is 3.35. The molecule has 0 atom stereocenters. The first-order valence-electron chi connectivity index (χ1n) is 8.96. The number of aromatic nitrogens is 3. The molecule has 0 bridgehead atoms. The molecule has 3 aromatic rings. The smallest absolute Gasteiger partial charge is 0.272 e. The predicted octanol–water partition coefficient (Wildman–Crippen LogP) is 3.70. The molecule has 1 aliphatic rings. The Morgan fingerprint density at radius 3 is 2.73 bits per heavy atom. The van der Waals surface area contributed by atoms with Crippen molar-refractivity contribution in [3.8, 4) is 0 Å². The summed E-state index contributed by atoms with van der Waals surface area (Å²) in [4.78, 5) is 28.0. The lowest BCUT2D eigenvalue weighted by molar-refractivity contribution is 0.0718. The van der Waals surface area contributed by atoms with Crippen molar-refractivity contribution >= 4 is 28.4 Å². The van der Waals surface area contributed by atoms with Crippen LogP contribution in [0.15, 0.2) is 42.6 Å². The van der Waals surface area contributed by atoms with Gasteiger partial charge in [0.1, 0.15) is 5.69 Å². The fraction of sp³-hybridized carbons (Fsp3) is 0.300. The van der Waals surface area contributed by atoms with Crippen molar-refractivity contribution < 1.29 is 4.79 Å². The average molecular weight is 347 g/mol. The van der Waals surface area contributed by atoms with Crippen LogP contribution >= 0.6 is 0 Å². The van der Waals surface area contributed by atoms with E-state index in [1.807, 2.05) is 42.2 Å². The van der Waals surface area contributed by atoms with Crippen LogP contribution < -0.4 is 5.32 Å². The number of nitrogens with zero attached hydrogens (tertiary/aromatic N) is 4. The number of carbonyl (C=O) groups excluding carboxylic acids is 1. The van der Waals surface area contributed by atoms with Gasteiger partial charge in [0.05, 0.1) is 11.2 Å². The van der Waals surface area contributed by atoms with Gasteiger partial charge in [-0.15, -0.1) is 0 Å². The van der Waals surface area contributed by atoms with Crippen LogP contribution in [0, 0.1) is 6.92 Å². The van der Waals surface area contributed by atoms with Crippen molar-refractivity contribution in [3.63, 3.8) is 0 Å². The molecular formula is C20H21N5O. The third-order valence-electron chi connectivity index (χ3n) is 4.60. The van der Waals surface area contributed by atoms with Crippen LogP contribution in [-0.4, -0.2) is 38.8 Å². The molecule has 1 aromatic carbocycles. The second-order valence-electron chi connectivity index (χ2n) is 6.58. The highest BCUT2D eigenvalue weighted by atomic mass is 16.2. The van der Waals surface area contributed by atoms with Crippen molar-refractivity contribution in [1.29, 1.82) is 0 Å². The number of pyridine rings is 1. The molecule has 0 radical (unpaired) electrons. The van der Waals surface area contributed by atoms with Gasteiger partial charge in [-0.1, -0.05) is 18.2 Å². The Bertz CT molecular complexity index is 945. The number of amides is 1. The van der Waals surface area contributed by atoms with Gasteiger partial charge < -0.3 is 10.2 Å². The second kappa shape index (κ2) is 7.07. The van der Waals surface area contributed by atoms with Crippen molar-refractivity contribution in [1.82, 2.24) is 19.9 Å². The zero-order chi connectivity index (χ0) is 17.9. The van der Waals surface area contributed by atoms with Gasteiger partial charge >= 0.3 is 0 Å². The number of fused-ring (bicyclic) bond motifs is 1. The molecule has 0 saturated carbocycles. The van der Waals surface area contributed by atoms with E-state index in [1.165, 1.54) is 6.42 Å². The van der Waals surface area contributed by atoms with Gasteiger partial charge in [0.15, 0.2) is 0 Å². The summed E-state index contributed by atoms with van der Waals surface area (Å²) in [6.45, 7) is 3.48. The van der Waals surface area contributed by atoms with Crippen molar-refractivity contribution in [2.75, 3.05) is 18.4 Å². The van der Waals surface area contributed by atoms with Gasteiger partial charge in [0, 0.05) is 30.4 Å². The van der Waals surface area contributed by atoms with Crippen LogP contribution in [0.3, 0.4) is 0 Å². The molecule has 1 aliphatic heterocycles. The number of likely N-dealkylation sites (tertiary alicyclic amines) is 1. The zero-order valence-corrected chi connectivity index (χ0v) is 14.8. The summed E-state index contributed by atoms with van der Waals surface area (Å²) in [6.07, 6.45) is 5.06. The van der Waals surface area contributed by atoms with E-state index in [9.17, 15) is 4.79 Å². The number of aryl methyl sites for hydroxylation is 1. The lowest BCUT2D eigenvalue weighted by Gasteiger charge is -2.26. The summed E-state index contributed by atoms with van der Waals surface area (Å²) in [5.41, 5.74) is 2.88. The summed E-state index contributed by atoms with van der Waals surface area (Å²) in [5, 5.41) is 4.27. The lowest BCUT2D eigenvalue weighted by atomic mass is 10.1. The number of para-hydroxylation sites is 1. The molecular weight excluding hydrogens is 326 g/mol. The van der Waals surface area contributed by atoms with E-state index >= 15 is 0 Å². The maximum Gasteiger partial charge on any atom is 0.272 e. The minimum absolute atomic E-state index is 0.0192. The molecule has 2 aromatic heterocycles. The quantitative estimate of drug-likeness (QED) is 0.782. The Kier molecular flexibility index (Phi) is 4.48. The summed E-state index contributed by atoms with van der Waals surface area (Å²) < 4.78 is 0. The lowest BCUT2D eigenvalue weighted by Crippen LogP contribution is -2.36. The SMILES string of the molecule is Cc1cc(C(=O)N2CCCCC2)nc(Nc2cccc3cccnc23)n1. The molecule has 1 amide bonds. The normalized spacial score (nSPS) is 14.4. The monoisotopic (exact) mass is 347 g/mol. The van der Waals surface area contributed by atoms with Crippen molar-refractivity contribution in [2.24, 2.45) is 0 Å². The van der Waals surface area contributed by atoms with E-state index in [0.29, 0.717) is 11.6 Å². The van der Waals surface area contributed by atoms with Crippen LogP contribution in [0.1, 0.15) is 35.4 Å². The Hall–Kier alpha value is -3.02. The van der Waals surface area contributed by atoms with Gasteiger partial charge in [0.2, 0.25) is 5.95 Å². The zero-order valence-electron chi connectivity index (χ0n) is 14.8. The minimum atomic E-state index is -0.0192. The molecule has 1 N–H and O–H groups in total. The Labute approximate surface area is 152 Å². The summed E-state index contributed by atoms with van der Waals surface area (Å²) in [6, 6.07) is 11.6. The van der Waals surface area contributed by atoms with E-state index in [0.717, 1.165) is 48.2 Å². The van der Waals surface area contributed by atoms with Gasteiger partial charge in [-0.2, -0.15) is 0 Å². The third-order valence-corrected chi connectivity index (χ3v) is 4.60.